The van der Waals surface area contributed by atoms with Crippen LogP contribution in [0.5, 0.6) is 0 Å². The van der Waals surface area contributed by atoms with Crippen LogP contribution in [0, 0.1) is 18.7 Å². The molecule has 4 rings (SSSR count). The maximum absolute atomic E-state index is 14.4. The predicted octanol–water partition coefficient (Wildman–Crippen LogP) is 3.49. The minimum absolute atomic E-state index is 0.0466. The van der Waals surface area contributed by atoms with E-state index in [2.05, 4.69) is 10.3 Å². The summed E-state index contributed by atoms with van der Waals surface area (Å²) in [6.45, 7) is 3.26. The van der Waals surface area contributed by atoms with Crippen LogP contribution in [0.4, 0.5) is 4.39 Å². The molecular weight excluding hydrogens is 395 g/mol. The summed E-state index contributed by atoms with van der Waals surface area (Å²) in [5, 5.41) is 2.89. The van der Waals surface area contributed by atoms with Gasteiger partial charge >= 0.3 is 0 Å². The van der Waals surface area contributed by atoms with Gasteiger partial charge in [-0.15, -0.1) is 0 Å². The zero-order valence-corrected chi connectivity index (χ0v) is 17.4. The summed E-state index contributed by atoms with van der Waals surface area (Å²) in [4.78, 5) is 31.1. The van der Waals surface area contributed by atoms with Crippen molar-refractivity contribution in [2.45, 2.75) is 26.3 Å². The molecule has 1 aliphatic heterocycles. The maximum atomic E-state index is 14.4. The highest BCUT2D eigenvalue weighted by Crippen LogP contribution is 2.20. The number of imidazole rings is 1. The van der Waals surface area contributed by atoms with Crippen molar-refractivity contribution in [3.05, 3.63) is 83.7 Å². The molecule has 7 heteroatoms. The van der Waals surface area contributed by atoms with Crippen LogP contribution in [-0.4, -0.2) is 39.4 Å². The number of amides is 2. The molecule has 0 aliphatic carbocycles. The quantitative estimate of drug-likeness (QED) is 0.687. The van der Waals surface area contributed by atoms with Crippen LogP contribution in [0.3, 0.4) is 0 Å². The molecule has 6 nitrogen and oxygen atoms in total. The third-order valence-electron chi connectivity index (χ3n) is 5.64. The Bertz CT molecular complexity index is 1060. The summed E-state index contributed by atoms with van der Waals surface area (Å²) in [6.07, 6.45) is 6.31. The second-order valence-corrected chi connectivity index (χ2v) is 7.93. The van der Waals surface area contributed by atoms with E-state index in [1.165, 1.54) is 12.4 Å². The van der Waals surface area contributed by atoms with Crippen molar-refractivity contribution >= 4 is 11.8 Å². The normalized spacial score (nSPS) is 16.2. The topological polar surface area (TPSA) is 67.2 Å². The number of carbonyl (C=O) groups excluding carboxylic acids is 2. The molecule has 2 heterocycles. The number of halogens is 1. The molecule has 1 unspecified atom stereocenters. The third-order valence-corrected chi connectivity index (χ3v) is 5.64. The highest BCUT2D eigenvalue weighted by atomic mass is 19.1. The van der Waals surface area contributed by atoms with E-state index in [0.29, 0.717) is 29.9 Å². The van der Waals surface area contributed by atoms with Crippen LogP contribution >= 0.6 is 0 Å². The number of aryl methyl sites for hydroxylation is 1. The van der Waals surface area contributed by atoms with E-state index in [1.807, 2.05) is 31.2 Å². The molecule has 0 saturated carbocycles. The van der Waals surface area contributed by atoms with Crippen molar-refractivity contribution in [3.8, 4) is 5.69 Å². The lowest BCUT2D eigenvalue weighted by atomic mass is 9.96. The zero-order valence-electron chi connectivity index (χ0n) is 17.4. The van der Waals surface area contributed by atoms with E-state index in [0.717, 1.165) is 18.4 Å². The molecule has 1 aliphatic rings. The summed E-state index contributed by atoms with van der Waals surface area (Å²) >= 11 is 0. The van der Waals surface area contributed by atoms with Crippen molar-refractivity contribution in [2.75, 3.05) is 13.1 Å². The molecule has 2 aromatic carbocycles. The Morgan fingerprint density at radius 1 is 1.19 bits per heavy atom. The fraction of sp³-hybridized carbons (Fsp3) is 0.292. The number of likely N-dealkylation sites (tertiary alicyclic amines) is 1. The number of carbonyl (C=O) groups is 2. The summed E-state index contributed by atoms with van der Waals surface area (Å²) in [6, 6.07) is 12.3. The number of hydrogen-bond donors (Lipinski definition) is 1. The highest BCUT2D eigenvalue weighted by molar-refractivity contribution is 5.94. The standard InChI is InChI=1S/C24H25FN4O2/c1-17-4-7-19(8-5-17)24(31)28-11-2-3-20(15-28)23(30)27-14-18-6-9-22(21(25)13-18)29-12-10-26-16-29/h4-10,12-13,16,20H,2-3,11,14-15H2,1H3,(H,27,30). The van der Waals surface area contributed by atoms with E-state index in [-0.39, 0.29) is 30.1 Å². The SMILES string of the molecule is Cc1ccc(C(=O)N2CCCC(C(=O)NCc3ccc(-n4ccnc4)c(F)c3)C2)cc1. The fourth-order valence-corrected chi connectivity index (χ4v) is 3.86. The van der Waals surface area contributed by atoms with Gasteiger partial charge in [0.05, 0.1) is 17.9 Å². The van der Waals surface area contributed by atoms with Gasteiger partial charge in [-0.05, 0) is 49.6 Å². The summed E-state index contributed by atoms with van der Waals surface area (Å²) in [7, 11) is 0. The molecule has 3 aromatic rings. The van der Waals surface area contributed by atoms with Gasteiger partial charge < -0.3 is 14.8 Å². The van der Waals surface area contributed by atoms with Crippen molar-refractivity contribution < 1.29 is 14.0 Å². The fourth-order valence-electron chi connectivity index (χ4n) is 3.86. The van der Waals surface area contributed by atoms with Crippen molar-refractivity contribution in [1.82, 2.24) is 19.8 Å². The van der Waals surface area contributed by atoms with Crippen LogP contribution in [0.25, 0.3) is 5.69 Å². The van der Waals surface area contributed by atoms with Crippen LogP contribution in [-0.2, 0) is 11.3 Å². The van der Waals surface area contributed by atoms with Gasteiger partial charge in [-0.25, -0.2) is 9.37 Å². The van der Waals surface area contributed by atoms with Gasteiger partial charge in [0.1, 0.15) is 5.82 Å². The van der Waals surface area contributed by atoms with Gasteiger partial charge in [-0.1, -0.05) is 23.8 Å². The van der Waals surface area contributed by atoms with E-state index >= 15 is 0 Å². The first-order valence-corrected chi connectivity index (χ1v) is 10.4. The average molecular weight is 420 g/mol. The van der Waals surface area contributed by atoms with Crippen molar-refractivity contribution in [2.24, 2.45) is 5.92 Å². The first-order valence-electron chi connectivity index (χ1n) is 10.4. The largest absolute Gasteiger partial charge is 0.352 e. The second kappa shape index (κ2) is 9.12. The summed E-state index contributed by atoms with van der Waals surface area (Å²) in [5.74, 6) is -0.800. The molecule has 1 N–H and O–H groups in total. The number of piperidine rings is 1. The van der Waals surface area contributed by atoms with Crippen LogP contribution < -0.4 is 5.32 Å². The van der Waals surface area contributed by atoms with Gasteiger partial charge in [0.2, 0.25) is 5.91 Å². The van der Waals surface area contributed by atoms with E-state index in [1.54, 1.807) is 34.0 Å². The molecule has 0 spiro atoms. The molecule has 31 heavy (non-hydrogen) atoms. The minimum Gasteiger partial charge on any atom is -0.352 e. The van der Waals surface area contributed by atoms with Gasteiger partial charge in [0, 0.05) is 37.6 Å². The number of benzene rings is 2. The number of rotatable bonds is 5. The molecule has 1 aromatic heterocycles. The lowest BCUT2D eigenvalue weighted by Gasteiger charge is -2.32. The number of nitrogens with one attached hydrogen (secondary N) is 1. The first kappa shape index (κ1) is 20.8. The number of aromatic nitrogens is 2. The van der Waals surface area contributed by atoms with Gasteiger partial charge in [0.15, 0.2) is 0 Å². The Balaban J connectivity index is 1.34. The van der Waals surface area contributed by atoms with Gasteiger partial charge in [-0.2, -0.15) is 0 Å². The van der Waals surface area contributed by atoms with E-state index in [4.69, 9.17) is 0 Å². The number of hydrogen-bond acceptors (Lipinski definition) is 3. The molecule has 1 saturated heterocycles. The summed E-state index contributed by atoms with van der Waals surface area (Å²) in [5.41, 5.74) is 2.82. The minimum atomic E-state index is -0.378. The molecule has 0 radical (unpaired) electrons. The Morgan fingerprint density at radius 2 is 2.00 bits per heavy atom. The Hall–Kier alpha value is -3.48. The lowest BCUT2D eigenvalue weighted by Crippen LogP contribution is -2.45. The highest BCUT2D eigenvalue weighted by Gasteiger charge is 2.28. The molecule has 2 amide bonds. The monoisotopic (exact) mass is 420 g/mol. The van der Waals surface area contributed by atoms with Gasteiger partial charge in [-0.3, -0.25) is 9.59 Å². The van der Waals surface area contributed by atoms with Crippen molar-refractivity contribution in [3.63, 3.8) is 0 Å². The van der Waals surface area contributed by atoms with Crippen LogP contribution in [0.2, 0.25) is 0 Å². The molecular formula is C24H25FN4O2. The van der Waals surface area contributed by atoms with E-state index < -0.39 is 0 Å². The van der Waals surface area contributed by atoms with Crippen LogP contribution in [0.1, 0.15) is 34.3 Å². The smallest absolute Gasteiger partial charge is 0.253 e. The van der Waals surface area contributed by atoms with Gasteiger partial charge in [0.25, 0.3) is 5.91 Å². The molecule has 0 bridgehead atoms. The van der Waals surface area contributed by atoms with Crippen LogP contribution in [0.15, 0.2) is 61.2 Å². The molecule has 1 atom stereocenters. The lowest BCUT2D eigenvalue weighted by molar-refractivity contribution is -0.126. The number of nitrogens with zero attached hydrogens (tertiary/aromatic N) is 3. The average Bonchev–Trinajstić information content (AvgIpc) is 3.32. The summed E-state index contributed by atoms with van der Waals surface area (Å²) < 4.78 is 16.0. The molecule has 1 fully saturated rings. The Morgan fingerprint density at radius 3 is 2.71 bits per heavy atom. The maximum Gasteiger partial charge on any atom is 0.253 e. The Labute approximate surface area is 180 Å². The first-order chi connectivity index (χ1) is 15.0. The second-order valence-electron chi connectivity index (χ2n) is 7.93. The van der Waals surface area contributed by atoms with E-state index in [9.17, 15) is 14.0 Å². The predicted molar refractivity (Wildman–Crippen MR) is 115 cm³/mol. The Kier molecular flexibility index (Phi) is 6.11. The molecule has 160 valence electrons. The van der Waals surface area contributed by atoms with Crippen molar-refractivity contribution in [1.29, 1.82) is 0 Å². The third kappa shape index (κ3) is 4.82. The zero-order chi connectivity index (χ0) is 21.8.